The lowest BCUT2D eigenvalue weighted by Gasteiger charge is -2.12. The van der Waals surface area contributed by atoms with Crippen molar-refractivity contribution < 1.29 is 9.53 Å². The van der Waals surface area contributed by atoms with Crippen LogP contribution in [0.4, 0.5) is 11.4 Å². The number of nitrogens with one attached hydrogen (secondary N) is 1. The summed E-state index contributed by atoms with van der Waals surface area (Å²) in [5, 5.41) is 2.82. The maximum absolute atomic E-state index is 12.2. The lowest BCUT2D eigenvalue weighted by molar-refractivity contribution is -0.116. The molecular weight excluding hydrogens is 268 g/mol. The minimum Gasteiger partial charge on any atom is -0.495 e. The van der Waals surface area contributed by atoms with Crippen LogP contribution in [0.5, 0.6) is 5.75 Å². The van der Waals surface area contributed by atoms with E-state index in [4.69, 9.17) is 10.5 Å². The van der Waals surface area contributed by atoms with E-state index in [1.807, 2.05) is 4.57 Å². The number of carbonyl (C=O) groups is 1. The largest absolute Gasteiger partial charge is 0.495 e. The van der Waals surface area contributed by atoms with Gasteiger partial charge in [-0.1, -0.05) is 6.92 Å². The fraction of sp³-hybridized carbons (Fsp3) is 0.333. The van der Waals surface area contributed by atoms with Crippen molar-refractivity contribution in [3.05, 3.63) is 36.4 Å². The molecule has 1 aromatic heterocycles. The second-order valence-electron chi connectivity index (χ2n) is 4.73. The zero-order valence-corrected chi connectivity index (χ0v) is 12.3. The molecule has 1 heterocycles. The summed E-state index contributed by atoms with van der Waals surface area (Å²) in [5.74, 6) is 1.35. The quantitative estimate of drug-likeness (QED) is 0.797. The number of carbonyl (C=O) groups excluding carboxylic acids is 1. The van der Waals surface area contributed by atoms with Crippen LogP contribution in [0.25, 0.3) is 0 Å². The van der Waals surface area contributed by atoms with Crippen molar-refractivity contribution in [1.82, 2.24) is 9.55 Å². The summed E-state index contributed by atoms with van der Waals surface area (Å²) in [5.41, 5.74) is 6.87. The first-order chi connectivity index (χ1) is 10.1. The van der Waals surface area contributed by atoms with Crippen molar-refractivity contribution in [1.29, 1.82) is 0 Å². The number of nitrogen functional groups attached to an aromatic ring is 1. The van der Waals surface area contributed by atoms with Gasteiger partial charge in [0.05, 0.1) is 12.8 Å². The number of aromatic nitrogens is 2. The number of aryl methyl sites for hydroxylation is 1. The highest BCUT2D eigenvalue weighted by Crippen LogP contribution is 2.26. The number of imidazole rings is 1. The van der Waals surface area contributed by atoms with Crippen molar-refractivity contribution in [2.75, 3.05) is 18.2 Å². The van der Waals surface area contributed by atoms with Gasteiger partial charge in [0, 0.05) is 24.5 Å². The molecule has 0 aliphatic heterocycles. The Labute approximate surface area is 123 Å². The minimum atomic E-state index is -0.144. The van der Waals surface area contributed by atoms with Gasteiger partial charge < -0.3 is 20.4 Å². The van der Waals surface area contributed by atoms with E-state index in [1.54, 1.807) is 37.7 Å². The first-order valence-corrected chi connectivity index (χ1v) is 6.87. The van der Waals surface area contributed by atoms with E-state index < -0.39 is 0 Å². The molecule has 0 saturated heterocycles. The predicted octanol–water partition coefficient (Wildman–Crippen LogP) is 2.07. The minimum absolute atomic E-state index is 0.144. The number of benzene rings is 1. The van der Waals surface area contributed by atoms with Gasteiger partial charge in [-0.15, -0.1) is 0 Å². The second kappa shape index (κ2) is 6.78. The molecule has 0 aliphatic rings. The Bertz CT molecular complexity index is 622. The zero-order valence-electron chi connectivity index (χ0n) is 12.3. The van der Waals surface area contributed by atoms with Crippen LogP contribution < -0.4 is 15.8 Å². The van der Waals surface area contributed by atoms with Gasteiger partial charge in [0.1, 0.15) is 18.1 Å². The molecule has 0 atom stereocenters. The van der Waals surface area contributed by atoms with Crippen molar-refractivity contribution in [3.8, 4) is 5.75 Å². The van der Waals surface area contributed by atoms with Crippen LogP contribution in [-0.4, -0.2) is 22.6 Å². The summed E-state index contributed by atoms with van der Waals surface area (Å²) in [4.78, 5) is 16.4. The third kappa shape index (κ3) is 3.75. The SMILES string of the molecule is CCCc1nccn1CC(=O)Nc1cc(N)ccc1OC. The molecular formula is C15H20N4O2. The second-order valence-corrected chi connectivity index (χ2v) is 4.73. The average Bonchev–Trinajstić information content (AvgIpc) is 2.86. The van der Waals surface area contributed by atoms with Gasteiger partial charge >= 0.3 is 0 Å². The van der Waals surface area contributed by atoms with E-state index in [2.05, 4.69) is 17.2 Å². The summed E-state index contributed by atoms with van der Waals surface area (Å²) in [7, 11) is 1.55. The monoisotopic (exact) mass is 288 g/mol. The normalized spacial score (nSPS) is 10.4. The summed E-state index contributed by atoms with van der Waals surface area (Å²) in [6, 6.07) is 5.13. The number of methoxy groups -OCH3 is 1. The number of hydrogen-bond acceptors (Lipinski definition) is 4. The standard InChI is InChI=1S/C15H20N4O2/c1-3-4-14-17-7-8-19(14)10-15(20)18-12-9-11(16)5-6-13(12)21-2/h5-9H,3-4,10,16H2,1-2H3,(H,18,20). The summed E-state index contributed by atoms with van der Waals surface area (Å²) < 4.78 is 7.05. The molecule has 0 bridgehead atoms. The van der Waals surface area contributed by atoms with Crippen LogP contribution in [-0.2, 0) is 17.8 Å². The van der Waals surface area contributed by atoms with Crippen molar-refractivity contribution in [2.45, 2.75) is 26.3 Å². The molecule has 1 amide bonds. The third-order valence-corrected chi connectivity index (χ3v) is 3.09. The van der Waals surface area contributed by atoms with Crippen LogP contribution in [0.2, 0.25) is 0 Å². The Morgan fingerprint density at radius 1 is 1.48 bits per heavy atom. The Morgan fingerprint density at radius 3 is 3.00 bits per heavy atom. The van der Waals surface area contributed by atoms with Gasteiger partial charge in [-0.3, -0.25) is 4.79 Å². The van der Waals surface area contributed by atoms with Crippen LogP contribution >= 0.6 is 0 Å². The van der Waals surface area contributed by atoms with E-state index >= 15 is 0 Å². The number of rotatable bonds is 6. The van der Waals surface area contributed by atoms with E-state index in [0.717, 1.165) is 18.7 Å². The lowest BCUT2D eigenvalue weighted by Crippen LogP contribution is -2.20. The zero-order chi connectivity index (χ0) is 15.2. The molecule has 6 heteroatoms. The van der Waals surface area contributed by atoms with Gasteiger partial charge in [0.15, 0.2) is 0 Å². The Hall–Kier alpha value is -2.50. The highest BCUT2D eigenvalue weighted by molar-refractivity contribution is 5.92. The number of nitrogens with two attached hydrogens (primary N) is 1. The summed E-state index contributed by atoms with van der Waals surface area (Å²) >= 11 is 0. The van der Waals surface area contributed by atoms with Crippen molar-refractivity contribution in [3.63, 3.8) is 0 Å². The van der Waals surface area contributed by atoms with Crippen LogP contribution in [0, 0.1) is 0 Å². The number of hydrogen-bond donors (Lipinski definition) is 2. The first-order valence-electron chi connectivity index (χ1n) is 6.87. The molecule has 0 unspecified atom stereocenters. The van der Waals surface area contributed by atoms with Gasteiger partial charge in [-0.2, -0.15) is 0 Å². The molecule has 3 N–H and O–H groups in total. The van der Waals surface area contributed by atoms with Gasteiger partial charge in [-0.25, -0.2) is 4.98 Å². The van der Waals surface area contributed by atoms with E-state index in [9.17, 15) is 4.79 Å². The fourth-order valence-electron chi connectivity index (χ4n) is 2.10. The Kier molecular flexibility index (Phi) is 4.81. The molecule has 2 rings (SSSR count). The first kappa shape index (κ1) is 14.9. The number of ether oxygens (including phenoxy) is 1. The average molecular weight is 288 g/mol. The molecule has 112 valence electrons. The molecule has 6 nitrogen and oxygen atoms in total. The van der Waals surface area contributed by atoms with Crippen LogP contribution in [0.3, 0.4) is 0 Å². The van der Waals surface area contributed by atoms with E-state index in [1.165, 1.54) is 0 Å². The highest BCUT2D eigenvalue weighted by Gasteiger charge is 2.10. The maximum atomic E-state index is 12.2. The Morgan fingerprint density at radius 2 is 2.29 bits per heavy atom. The number of anilines is 2. The maximum Gasteiger partial charge on any atom is 0.244 e. The van der Waals surface area contributed by atoms with Gasteiger partial charge in [0.2, 0.25) is 5.91 Å². The number of nitrogens with zero attached hydrogens (tertiary/aromatic N) is 2. The third-order valence-electron chi connectivity index (χ3n) is 3.09. The van der Waals surface area contributed by atoms with Crippen LogP contribution in [0.1, 0.15) is 19.2 Å². The highest BCUT2D eigenvalue weighted by atomic mass is 16.5. The molecule has 0 saturated carbocycles. The molecule has 0 radical (unpaired) electrons. The summed E-state index contributed by atoms with van der Waals surface area (Å²) in [6.45, 7) is 2.30. The van der Waals surface area contributed by atoms with Gasteiger partial charge in [0.25, 0.3) is 0 Å². The van der Waals surface area contributed by atoms with E-state index in [0.29, 0.717) is 17.1 Å². The van der Waals surface area contributed by atoms with E-state index in [-0.39, 0.29) is 12.5 Å². The van der Waals surface area contributed by atoms with Gasteiger partial charge in [-0.05, 0) is 24.6 Å². The molecule has 21 heavy (non-hydrogen) atoms. The number of amides is 1. The topological polar surface area (TPSA) is 82.2 Å². The van der Waals surface area contributed by atoms with Crippen LogP contribution in [0.15, 0.2) is 30.6 Å². The molecule has 0 spiro atoms. The summed E-state index contributed by atoms with van der Waals surface area (Å²) in [6.07, 6.45) is 5.35. The smallest absolute Gasteiger partial charge is 0.244 e. The lowest BCUT2D eigenvalue weighted by atomic mass is 10.2. The van der Waals surface area contributed by atoms with Crippen molar-refractivity contribution >= 4 is 17.3 Å². The molecule has 0 aliphatic carbocycles. The van der Waals surface area contributed by atoms with Crippen molar-refractivity contribution in [2.24, 2.45) is 0 Å². The fourth-order valence-corrected chi connectivity index (χ4v) is 2.10. The molecule has 0 fully saturated rings. The predicted molar refractivity (Wildman–Crippen MR) is 82.3 cm³/mol. The molecule has 1 aromatic carbocycles. The molecule has 2 aromatic rings. The Balaban J connectivity index is 2.08.